The second-order valence-corrected chi connectivity index (χ2v) is 6.66. The number of nitrogens with zero attached hydrogens (tertiary/aromatic N) is 3. The van der Waals surface area contributed by atoms with Gasteiger partial charge in [0.1, 0.15) is 11.0 Å². The third-order valence-corrected chi connectivity index (χ3v) is 4.89. The van der Waals surface area contributed by atoms with E-state index in [0.717, 1.165) is 27.8 Å². The number of anilines is 1. The van der Waals surface area contributed by atoms with Crippen LogP contribution in [0.25, 0.3) is 22.0 Å². The van der Waals surface area contributed by atoms with Crippen molar-refractivity contribution in [2.24, 2.45) is 0 Å². The Bertz CT molecular complexity index is 859. The Hall–Kier alpha value is -2.20. The summed E-state index contributed by atoms with van der Waals surface area (Å²) < 4.78 is 0. The summed E-state index contributed by atoms with van der Waals surface area (Å²) in [7, 11) is 0. The van der Waals surface area contributed by atoms with Crippen molar-refractivity contribution in [3.8, 4) is 11.3 Å². The maximum Gasteiger partial charge on any atom is 0.137 e. The SMILES string of the molecule is Clc1nc(-c2ccnc(NC3CCCCC3)c2)cc2cnccc12. The van der Waals surface area contributed by atoms with Crippen LogP contribution in [0.2, 0.25) is 5.15 Å². The van der Waals surface area contributed by atoms with Gasteiger partial charge in [0.2, 0.25) is 0 Å². The lowest BCUT2D eigenvalue weighted by Gasteiger charge is -2.23. The first-order valence-corrected chi connectivity index (χ1v) is 8.80. The normalized spacial score (nSPS) is 15.5. The van der Waals surface area contributed by atoms with E-state index in [-0.39, 0.29) is 0 Å². The van der Waals surface area contributed by atoms with Gasteiger partial charge in [-0.15, -0.1) is 0 Å². The monoisotopic (exact) mass is 338 g/mol. The number of fused-ring (bicyclic) bond motifs is 1. The van der Waals surface area contributed by atoms with Crippen molar-refractivity contribution in [1.82, 2.24) is 15.0 Å². The van der Waals surface area contributed by atoms with Gasteiger partial charge < -0.3 is 5.32 Å². The second-order valence-electron chi connectivity index (χ2n) is 6.30. The molecule has 0 saturated heterocycles. The lowest BCUT2D eigenvalue weighted by Crippen LogP contribution is -2.22. The zero-order valence-corrected chi connectivity index (χ0v) is 14.1. The van der Waals surface area contributed by atoms with E-state index in [1.54, 1.807) is 6.20 Å². The third kappa shape index (κ3) is 3.20. The van der Waals surface area contributed by atoms with Crippen molar-refractivity contribution in [1.29, 1.82) is 0 Å². The summed E-state index contributed by atoms with van der Waals surface area (Å²) in [5.41, 5.74) is 1.85. The van der Waals surface area contributed by atoms with Gasteiger partial charge >= 0.3 is 0 Å². The second kappa shape index (κ2) is 6.73. The van der Waals surface area contributed by atoms with Gasteiger partial charge in [-0.25, -0.2) is 9.97 Å². The number of hydrogen-bond acceptors (Lipinski definition) is 4. The first kappa shape index (κ1) is 15.3. The number of pyridine rings is 3. The van der Waals surface area contributed by atoms with E-state index in [0.29, 0.717) is 11.2 Å². The fourth-order valence-corrected chi connectivity index (χ4v) is 3.59. The largest absolute Gasteiger partial charge is 0.367 e. The molecule has 1 aliphatic rings. The molecule has 24 heavy (non-hydrogen) atoms. The van der Waals surface area contributed by atoms with Crippen molar-refractivity contribution in [3.05, 3.63) is 48.0 Å². The quantitative estimate of drug-likeness (QED) is 0.676. The molecule has 1 N–H and O–H groups in total. The minimum Gasteiger partial charge on any atom is -0.367 e. The first-order valence-electron chi connectivity index (χ1n) is 8.43. The van der Waals surface area contributed by atoms with E-state index < -0.39 is 0 Å². The maximum absolute atomic E-state index is 6.34. The lowest BCUT2D eigenvalue weighted by molar-refractivity contribution is 0.462. The summed E-state index contributed by atoms with van der Waals surface area (Å²) in [6.07, 6.45) is 11.7. The lowest BCUT2D eigenvalue weighted by atomic mass is 9.95. The van der Waals surface area contributed by atoms with E-state index in [1.807, 2.05) is 30.6 Å². The Morgan fingerprint density at radius 1 is 1.04 bits per heavy atom. The summed E-state index contributed by atoms with van der Waals surface area (Å²) in [5.74, 6) is 0.906. The predicted molar refractivity (Wildman–Crippen MR) is 98.3 cm³/mol. The molecule has 1 saturated carbocycles. The summed E-state index contributed by atoms with van der Waals surface area (Å²) in [4.78, 5) is 13.2. The molecule has 0 radical (unpaired) electrons. The van der Waals surface area contributed by atoms with Crippen LogP contribution < -0.4 is 5.32 Å². The van der Waals surface area contributed by atoms with Crippen LogP contribution in [0.3, 0.4) is 0 Å². The minimum atomic E-state index is 0.503. The molecular formula is C19H19ClN4. The molecule has 1 fully saturated rings. The molecule has 1 aliphatic carbocycles. The van der Waals surface area contributed by atoms with E-state index in [1.165, 1.54) is 32.1 Å². The Kier molecular flexibility index (Phi) is 4.30. The Morgan fingerprint density at radius 2 is 1.92 bits per heavy atom. The first-order chi connectivity index (χ1) is 11.8. The highest BCUT2D eigenvalue weighted by molar-refractivity contribution is 6.34. The Balaban J connectivity index is 1.65. The molecule has 3 heterocycles. The van der Waals surface area contributed by atoms with Crippen molar-refractivity contribution < 1.29 is 0 Å². The molecule has 122 valence electrons. The Labute approximate surface area is 146 Å². The molecule has 0 aromatic carbocycles. The summed E-state index contributed by atoms with van der Waals surface area (Å²) >= 11 is 6.34. The molecule has 0 spiro atoms. The smallest absolute Gasteiger partial charge is 0.137 e. The van der Waals surface area contributed by atoms with Gasteiger partial charge in [-0.2, -0.15) is 0 Å². The fourth-order valence-electron chi connectivity index (χ4n) is 3.33. The predicted octanol–water partition coefficient (Wildman–Crippen LogP) is 5.09. The summed E-state index contributed by atoms with van der Waals surface area (Å²) in [5, 5.41) is 5.97. The van der Waals surface area contributed by atoms with Gasteiger partial charge in [-0.05, 0) is 37.1 Å². The highest BCUT2D eigenvalue weighted by atomic mass is 35.5. The highest BCUT2D eigenvalue weighted by Gasteiger charge is 2.14. The van der Waals surface area contributed by atoms with Crippen LogP contribution in [0, 0.1) is 0 Å². The van der Waals surface area contributed by atoms with Gasteiger partial charge in [0.15, 0.2) is 0 Å². The van der Waals surface area contributed by atoms with E-state index >= 15 is 0 Å². The van der Waals surface area contributed by atoms with Gasteiger partial charge in [0, 0.05) is 41.0 Å². The molecule has 3 aromatic rings. The van der Waals surface area contributed by atoms with Crippen LogP contribution >= 0.6 is 11.6 Å². The van der Waals surface area contributed by atoms with Crippen molar-refractivity contribution in [2.75, 3.05) is 5.32 Å². The van der Waals surface area contributed by atoms with Gasteiger partial charge in [0.25, 0.3) is 0 Å². The zero-order chi connectivity index (χ0) is 16.4. The molecule has 4 rings (SSSR count). The number of aromatic nitrogens is 3. The summed E-state index contributed by atoms with van der Waals surface area (Å²) in [6, 6.07) is 8.45. The molecule has 0 amide bonds. The number of nitrogens with one attached hydrogen (secondary N) is 1. The molecule has 3 aromatic heterocycles. The topological polar surface area (TPSA) is 50.7 Å². The Morgan fingerprint density at radius 3 is 2.79 bits per heavy atom. The highest BCUT2D eigenvalue weighted by Crippen LogP contribution is 2.28. The van der Waals surface area contributed by atoms with Crippen LogP contribution in [0.1, 0.15) is 32.1 Å². The van der Waals surface area contributed by atoms with Gasteiger partial charge in [-0.1, -0.05) is 30.9 Å². The van der Waals surface area contributed by atoms with Crippen LogP contribution in [0.4, 0.5) is 5.82 Å². The minimum absolute atomic E-state index is 0.503. The molecule has 0 unspecified atom stereocenters. The average molecular weight is 339 g/mol. The fraction of sp³-hybridized carbons (Fsp3) is 0.316. The van der Waals surface area contributed by atoms with Crippen LogP contribution in [0.5, 0.6) is 0 Å². The van der Waals surface area contributed by atoms with Crippen LogP contribution in [0.15, 0.2) is 42.9 Å². The number of rotatable bonds is 3. The van der Waals surface area contributed by atoms with Crippen molar-refractivity contribution in [3.63, 3.8) is 0 Å². The molecule has 5 heteroatoms. The van der Waals surface area contributed by atoms with Crippen molar-refractivity contribution >= 4 is 28.2 Å². The van der Waals surface area contributed by atoms with Gasteiger partial charge in [0.05, 0.1) is 5.69 Å². The molecule has 0 aliphatic heterocycles. The zero-order valence-electron chi connectivity index (χ0n) is 13.4. The molecule has 0 atom stereocenters. The number of halogens is 1. The van der Waals surface area contributed by atoms with E-state index in [9.17, 15) is 0 Å². The standard InChI is InChI=1S/C19H19ClN4/c20-19-16-7-8-21-12-14(16)10-17(24-19)13-6-9-22-18(11-13)23-15-4-2-1-3-5-15/h6-12,15H,1-5H2,(H,22,23). The molecule has 0 bridgehead atoms. The van der Waals surface area contributed by atoms with Crippen LogP contribution in [-0.2, 0) is 0 Å². The summed E-state index contributed by atoms with van der Waals surface area (Å²) in [6.45, 7) is 0. The number of hydrogen-bond donors (Lipinski definition) is 1. The third-order valence-electron chi connectivity index (χ3n) is 4.60. The molecule has 4 nitrogen and oxygen atoms in total. The van der Waals surface area contributed by atoms with E-state index in [4.69, 9.17) is 11.6 Å². The average Bonchev–Trinajstić information content (AvgIpc) is 2.63. The van der Waals surface area contributed by atoms with Crippen LogP contribution in [-0.4, -0.2) is 21.0 Å². The van der Waals surface area contributed by atoms with Gasteiger partial charge in [-0.3, -0.25) is 4.98 Å². The van der Waals surface area contributed by atoms with E-state index in [2.05, 4.69) is 26.3 Å². The molecular weight excluding hydrogens is 320 g/mol. The maximum atomic E-state index is 6.34. The van der Waals surface area contributed by atoms with Crippen molar-refractivity contribution in [2.45, 2.75) is 38.1 Å².